The van der Waals surface area contributed by atoms with Crippen molar-refractivity contribution in [2.45, 2.75) is 12.8 Å². The first kappa shape index (κ1) is 13.2. The molecular weight excluding hydrogens is 238 g/mol. The van der Waals surface area contributed by atoms with E-state index in [9.17, 15) is 4.79 Å². The van der Waals surface area contributed by atoms with Crippen molar-refractivity contribution in [1.29, 1.82) is 0 Å². The maximum atomic E-state index is 12.0. The van der Waals surface area contributed by atoms with Gasteiger partial charge in [-0.3, -0.25) is 4.79 Å². The van der Waals surface area contributed by atoms with Crippen LogP contribution in [0.3, 0.4) is 0 Å². The SMILES string of the molecule is CN(CCCc1ccccc1)C(=O)c1ncccn1. The smallest absolute Gasteiger partial charge is 0.291 e. The summed E-state index contributed by atoms with van der Waals surface area (Å²) in [6.45, 7) is 0.700. The first-order valence-corrected chi connectivity index (χ1v) is 6.34. The minimum Gasteiger partial charge on any atom is -0.339 e. The second-order valence-electron chi connectivity index (χ2n) is 4.39. The van der Waals surface area contributed by atoms with Crippen molar-refractivity contribution in [3.63, 3.8) is 0 Å². The molecule has 1 aromatic heterocycles. The fourth-order valence-electron chi connectivity index (χ4n) is 1.85. The minimum absolute atomic E-state index is 0.131. The molecule has 19 heavy (non-hydrogen) atoms. The summed E-state index contributed by atoms with van der Waals surface area (Å²) >= 11 is 0. The van der Waals surface area contributed by atoms with Crippen LogP contribution >= 0.6 is 0 Å². The molecular formula is C15H17N3O. The molecule has 2 rings (SSSR count). The van der Waals surface area contributed by atoms with E-state index < -0.39 is 0 Å². The lowest BCUT2D eigenvalue weighted by atomic mass is 10.1. The number of aromatic nitrogens is 2. The van der Waals surface area contributed by atoms with E-state index in [0.717, 1.165) is 12.8 Å². The topological polar surface area (TPSA) is 46.1 Å². The zero-order chi connectivity index (χ0) is 13.5. The molecule has 0 aliphatic rings. The summed E-state index contributed by atoms with van der Waals surface area (Å²) in [4.78, 5) is 21.6. The summed E-state index contributed by atoms with van der Waals surface area (Å²) in [7, 11) is 1.78. The van der Waals surface area contributed by atoms with Gasteiger partial charge in [0.2, 0.25) is 5.82 Å². The van der Waals surface area contributed by atoms with Crippen molar-refractivity contribution in [2.24, 2.45) is 0 Å². The molecule has 4 heteroatoms. The lowest BCUT2D eigenvalue weighted by molar-refractivity contribution is 0.0781. The standard InChI is InChI=1S/C15H17N3O/c1-18(15(19)14-16-10-6-11-17-14)12-5-9-13-7-3-2-4-8-13/h2-4,6-8,10-11H,5,9,12H2,1H3. The number of rotatable bonds is 5. The minimum atomic E-state index is -0.131. The molecule has 0 saturated carbocycles. The number of carbonyl (C=O) groups is 1. The number of hydrogen-bond donors (Lipinski definition) is 0. The Hall–Kier alpha value is -2.23. The first-order chi connectivity index (χ1) is 9.27. The van der Waals surface area contributed by atoms with E-state index in [0.29, 0.717) is 6.54 Å². The Morgan fingerprint density at radius 2 is 1.79 bits per heavy atom. The first-order valence-electron chi connectivity index (χ1n) is 6.34. The Morgan fingerprint density at radius 1 is 1.11 bits per heavy atom. The molecule has 0 unspecified atom stereocenters. The van der Waals surface area contributed by atoms with Crippen LogP contribution < -0.4 is 0 Å². The number of hydrogen-bond acceptors (Lipinski definition) is 3. The van der Waals surface area contributed by atoms with Crippen molar-refractivity contribution < 1.29 is 4.79 Å². The zero-order valence-electron chi connectivity index (χ0n) is 11.0. The Labute approximate surface area is 113 Å². The molecule has 98 valence electrons. The molecule has 0 fully saturated rings. The van der Waals surface area contributed by atoms with Gasteiger partial charge >= 0.3 is 0 Å². The summed E-state index contributed by atoms with van der Waals surface area (Å²) in [5, 5.41) is 0. The second-order valence-corrected chi connectivity index (χ2v) is 4.39. The molecule has 1 amide bonds. The fraction of sp³-hybridized carbons (Fsp3) is 0.267. The van der Waals surface area contributed by atoms with Gasteiger partial charge in [-0.25, -0.2) is 9.97 Å². The van der Waals surface area contributed by atoms with Crippen molar-refractivity contribution >= 4 is 5.91 Å². The van der Waals surface area contributed by atoms with Gasteiger partial charge in [0.15, 0.2) is 0 Å². The molecule has 4 nitrogen and oxygen atoms in total. The largest absolute Gasteiger partial charge is 0.339 e. The maximum Gasteiger partial charge on any atom is 0.291 e. The van der Waals surface area contributed by atoms with Crippen LogP contribution in [0.25, 0.3) is 0 Å². The van der Waals surface area contributed by atoms with E-state index >= 15 is 0 Å². The van der Waals surface area contributed by atoms with Gasteiger partial charge in [0.25, 0.3) is 5.91 Å². The van der Waals surface area contributed by atoms with Crippen molar-refractivity contribution in [3.8, 4) is 0 Å². The second kappa shape index (κ2) is 6.64. The zero-order valence-corrected chi connectivity index (χ0v) is 11.0. The van der Waals surface area contributed by atoms with E-state index in [2.05, 4.69) is 22.1 Å². The van der Waals surface area contributed by atoms with E-state index in [-0.39, 0.29) is 11.7 Å². The number of amides is 1. The van der Waals surface area contributed by atoms with Gasteiger partial charge in [-0.1, -0.05) is 30.3 Å². The van der Waals surface area contributed by atoms with Crippen molar-refractivity contribution in [2.75, 3.05) is 13.6 Å². The van der Waals surface area contributed by atoms with Gasteiger partial charge < -0.3 is 4.90 Å². The summed E-state index contributed by atoms with van der Waals surface area (Å²) in [5.74, 6) is 0.123. The Bertz CT molecular complexity index is 513. The molecule has 0 saturated heterocycles. The van der Waals surface area contributed by atoms with Crippen molar-refractivity contribution in [1.82, 2.24) is 14.9 Å². The third-order valence-electron chi connectivity index (χ3n) is 2.91. The van der Waals surface area contributed by atoms with Crippen molar-refractivity contribution in [3.05, 3.63) is 60.2 Å². The predicted octanol–water partition coefficient (Wildman–Crippen LogP) is 2.18. The molecule has 2 aromatic rings. The monoisotopic (exact) mass is 255 g/mol. The van der Waals surface area contributed by atoms with E-state index in [4.69, 9.17) is 0 Å². The van der Waals surface area contributed by atoms with E-state index in [1.165, 1.54) is 5.56 Å². The molecule has 0 aliphatic heterocycles. The summed E-state index contributed by atoms with van der Waals surface area (Å²) in [6, 6.07) is 12.0. The van der Waals surface area contributed by atoms with Crippen LogP contribution in [0.1, 0.15) is 22.6 Å². The van der Waals surface area contributed by atoms with Gasteiger partial charge in [-0.15, -0.1) is 0 Å². The molecule has 1 aromatic carbocycles. The summed E-state index contributed by atoms with van der Waals surface area (Å²) in [5.41, 5.74) is 1.29. The van der Waals surface area contributed by atoms with Gasteiger partial charge in [0, 0.05) is 26.0 Å². The van der Waals surface area contributed by atoms with Crippen LogP contribution in [-0.2, 0) is 6.42 Å². The quantitative estimate of drug-likeness (QED) is 0.822. The highest BCUT2D eigenvalue weighted by molar-refractivity contribution is 5.90. The Morgan fingerprint density at radius 3 is 2.47 bits per heavy atom. The molecule has 0 spiro atoms. The lowest BCUT2D eigenvalue weighted by Crippen LogP contribution is -2.29. The predicted molar refractivity (Wildman–Crippen MR) is 73.8 cm³/mol. The third kappa shape index (κ3) is 3.88. The van der Waals surface area contributed by atoms with Gasteiger partial charge in [-0.05, 0) is 24.5 Å². The molecule has 0 bridgehead atoms. The highest BCUT2D eigenvalue weighted by Gasteiger charge is 2.13. The van der Waals surface area contributed by atoms with Crippen LogP contribution in [0, 0.1) is 0 Å². The Balaban J connectivity index is 1.82. The van der Waals surface area contributed by atoms with Crippen LogP contribution in [0.15, 0.2) is 48.8 Å². The molecule has 0 aliphatic carbocycles. The molecule has 0 N–H and O–H groups in total. The van der Waals surface area contributed by atoms with Gasteiger partial charge in [0.1, 0.15) is 0 Å². The van der Waals surface area contributed by atoms with E-state index in [1.54, 1.807) is 30.4 Å². The van der Waals surface area contributed by atoms with Crippen LogP contribution in [0.2, 0.25) is 0 Å². The highest BCUT2D eigenvalue weighted by Crippen LogP contribution is 2.04. The summed E-state index contributed by atoms with van der Waals surface area (Å²) < 4.78 is 0. The van der Waals surface area contributed by atoms with Crippen LogP contribution in [-0.4, -0.2) is 34.4 Å². The van der Waals surface area contributed by atoms with Gasteiger partial charge in [-0.2, -0.15) is 0 Å². The number of aryl methyl sites for hydroxylation is 1. The maximum absolute atomic E-state index is 12.0. The highest BCUT2D eigenvalue weighted by atomic mass is 16.2. The van der Waals surface area contributed by atoms with Crippen LogP contribution in [0.5, 0.6) is 0 Å². The molecule has 0 radical (unpaired) electrons. The fourth-order valence-corrected chi connectivity index (χ4v) is 1.85. The Kier molecular flexibility index (Phi) is 4.61. The number of carbonyl (C=O) groups excluding carboxylic acids is 1. The lowest BCUT2D eigenvalue weighted by Gasteiger charge is -2.15. The van der Waals surface area contributed by atoms with E-state index in [1.807, 2.05) is 18.2 Å². The molecule has 1 heterocycles. The average Bonchev–Trinajstić information content (AvgIpc) is 2.48. The normalized spacial score (nSPS) is 10.2. The number of nitrogens with zero attached hydrogens (tertiary/aromatic N) is 3. The molecule has 0 atom stereocenters. The number of benzene rings is 1. The average molecular weight is 255 g/mol. The van der Waals surface area contributed by atoms with Crippen LogP contribution in [0.4, 0.5) is 0 Å². The third-order valence-corrected chi connectivity index (χ3v) is 2.91. The summed E-state index contributed by atoms with van der Waals surface area (Å²) in [6.07, 6.45) is 5.06. The van der Waals surface area contributed by atoms with Gasteiger partial charge in [0.05, 0.1) is 0 Å².